The first-order chi connectivity index (χ1) is 10.1. The van der Waals surface area contributed by atoms with Crippen LogP contribution < -0.4 is 5.73 Å². The van der Waals surface area contributed by atoms with E-state index in [1.54, 1.807) is 0 Å². The van der Waals surface area contributed by atoms with Crippen molar-refractivity contribution >= 4 is 5.91 Å². The number of nitrogens with two attached hydrogens (primary N) is 1. The van der Waals surface area contributed by atoms with Gasteiger partial charge in [-0.3, -0.25) is 9.69 Å². The van der Waals surface area contributed by atoms with Crippen molar-refractivity contribution in [2.75, 3.05) is 13.1 Å². The molecular formula is C18H28N2O. The molecule has 1 amide bonds. The molecule has 0 heterocycles. The second-order valence-corrected chi connectivity index (χ2v) is 6.22. The van der Waals surface area contributed by atoms with E-state index in [1.165, 1.54) is 29.5 Å². The first kappa shape index (κ1) is 16.0. The van der Waals surface area contributed by atoms with Crippen LogP contribution in [0.4, 0.5) is 0 Å². The zero-order chi connectivity index (χ0) is 15.2. The number of carbonyl (C=O) groups excluding carboxylic acids is 1. The second kappa shape index (κ2) is 7.60. The Morgan fingerprint density at radius 1 is 1.24 bits per heavy atom. The summed E-state index contributed by atoms with van der Waals surface area (Å²) in [6.07, 6.45) is 5.10. The predicted molar refractivity (Wildman–Crippen MR) is 87.0 cm³/mol. The summed E-state index contributed by atoms with van der Waals surface area (Å²) in [6.45, 7) is 7.83. The summed E-state index contributed by atoms with van der Waals surface area (Å²) < 4.78 is 0. The highest BCUT2D eigenvalue weighted by atomic mass is 16.1. The van der Waals surface area contributed by atoms with E-state index in [1.807, 2.05) is 0 Å². The largest absolute Gasteiger partial charge is 0.369 e. The van der Waals surface area contributed by atoms with Crippen molar-refractivity contribution in [1.29, 1.82) is 0 Å². The zero-order valence-corrected chi connectivity index (χ0v) is 13.4. The number of hydrogen-bond donors (Lipinski definition) is 1. The molecule has 0 aromatic heterocycles. The molecule has 2 N–H and O–H groups in total. The van der Waals surface area contributed by atoms with E-state index in [0.717, 1.165) is 38.9 Å². The summed E-state index contributed by atoms with van der Waals surface area (Å²) >= 11 is 0. The lowest BCUT2D eigenvalue weighted by Gasteiger charge is -2.25. The summed E-state index contributed by atoms with van der Waals surface area (Å²) in [5.41, 5.74) is 9.56. The van der Waals surface area contributed by atoms with Crippen LogP contribution in [0.3, 0.4) is 0 Å². The van der Waals surface area contributed by atoms with Crippen LogP contribution in [0.1, 0.15) is 49.8 Å². The molecule has 3 nitrogen and oxygen atoms in total. The molecule has 1 aliphatic rings. The fourth-order valence-electron chi connectivity index (χ4n) is 3.31. The Hall–Kier alpha value is -1.35. The number of carbonyl (C=O) groups is 1. The van der Waals surface area contributed by atoms with Crippen molar-refractivity contribution in [3.63, 3.8) is 0 Å². The van der Waals surface area contributed by atoms with Crippen molar-refractivity contribution in [1.82, 2.24) is 4.90 Å². The van der Waals surface area contributed by atoms with E-state index < -0.39 is 0 Å². The number of primary amides is 1. The summed E-state index contributed by atoms with van der Waals surface area (Å²) in [5, 5.41) is 0. The molecule has 1 aromatic carbocycles. The Kier molecular flexibility index (Phi) is 5.80. The van der Waals surface area contributed by atoms with Crippen LogP contribution in [0.5, 0.6) is 0 Å². The van der Waals surface area contributed by atoms with Gasteiger partial charge < -0.3 is 5.73 Å². The molecule has 0 saturated heterocycles. The van der Waals surface area contributed by atoms with Crippen LogP contribution in [0.15, 0.2) is 18.2 Å². The fraction of sp³-hybridized carbons (Fsp3) is 0.611. The lowest BCUT2D eigenvalue weighted by molar-refractivity contribution is -0.122. The molecule has 2 rings (SSSR count). The van der Waals surface area contributed by atoms with Gasteiger partial charge >= 0.3 is 0 Å². The number of amides is 1. The third-order valence-electron chi connectivity index (χ3n) is 4.39. The van der Waals surface area contributed by atoms with Gasteiger partial charge in [0.15, 0.2) is 0 Å². The van der Waals surface area contributed by atoms with Crippen LogP contribution in [0, 0.1) is 5.92 Å². The Labute approximate surface area is 128 Å². The summed E-state index contributed by atoms with van der Waals surface area (Å²) in [5.74, 6) is -0.123. The molecule has 0 spiro atoms. The van der Waals surface area contributed by atoms with E-state index in [2.05, 4.69) is 36.9 Å². The summed E-state index contributed by atoms with van der Waals surface area (Å²) in [4.78, 5) is 13.9. The van der Waals surface area contributed by atoms with Crippen LogP contribution in [0.2, 0.25) is 0 Å². The van der Waals surface area contributed by atoms with E-state index in [9.17, 15) is 4.79 Å². The molecule has 0 saturated carbocycles. The predicted octanol–water partition coefficient (Wildman–Crippen LogP) is 2.90. The molecule has 0 bridgehead atoms. The highest BCUT2D eigenvalue weighted by Crippen LogP contribution is 2.26. The number of nitrogens with zero attached hydrogens (tertiary/aromatic N) is 1. The second-order valence-electron chi connectivity index (χ2n) is 6.22. The lowest BCUT2D eigenvalue weighted by Crippen LogP contribution is -2.29. The molecule has 116 valence electrons. The van der Waals surface area contributed by atoms with Crippen molar-refractivity contribution in [3.05, 3.63) is 34.9 Å². The Morgan fingerprint density at radius 2 is 1.95 bits per heavy atom. The number of rotatable bonds is 7. The quantitative estimate of drug-likeness (QED) is 0.838. The molecule has 21 heavy (non-hydrogen) atoms. The van der Waals surface area contributed by atoms with Crippen molar-refractivity contribution < 1.29 is 4.79 Å². The number of fused-ring (bicyclic) bond motifs is 1. The van der Waals surface area contributed by atoms with Crippen LogP contribution in [-0.4, -0.2) is 23.9 Å². The molecular weight excluding hydrogens is 260 g/mol. The Bertz CT molecular complexity index is 478. The summed E-state index contributed by atoms with van der Waals surface area (Å²) in [7, 11) is 0. The van der Waals surface area contributed by atoms with Crippen molar-refractivity contribution in [2.45, 2.75) is 52.5 Å². The molecule has 0 radical (unpaired) electrons. The minimum Gasteiger partial charge on any atom is -0.369 e. The fourth-order valence-corrected chi connectivity index (χ4v) is 3.31. The van der Waals surface area contributed by atoms with E-state index in [-0.39, 0.29) is 11.8 Å². The Morgan fingerprint density at radius 3 is 2.57 bits per heavy atom. The summed E-state index contributed by atoms with van der Waals surface area (Å²) in [6, 6.07) is 6.77. The number of aryl methyl sites for hydroxylation is 1. The molecule has 1 aliphatic carbocycles. The minimum atomic E-state index is -0.151. The molecule has 1 unspecified atom stereocenters. The van der Waals surface area contributed by atoms with Gasteiger partial charge in [-0.15, -0.1) is 0 Å². The average Bonchev–Trinajstić information content (AvgIpc) is 2.47. The van der Waals surface area contributed by atoms with Gasteiger partial charge in [-0.1, -0.05) is 32.0 Å². The first-order valence-corrected chi connectivity index (χ1v) is 8.26. The maximum Gasteiger partial charge on any atom is 0.220 e. The van der Waals surface area contributed by atoms with Gasteiger partial charge in [-0.2, -0.15) is 0 Å². The van der Waals surface area contributed by atoms with Gasteiger partial charge in [0.2, 0.25) is 5.91 Å². The highest BCUT2D eigenvalue weighted by molar-refractivity contribution is 5.77. The van der Waals surface area contributed by atoms with E-state index >= 15 is 0 Å². The lowest BCUT2D eigenvalue weighted by atomic mass is 9.83. The minimum absolute atomic E-state index is 0.0278. The number of benzene rings is 1. The highest BCUT2D eigenvalue weighted by Gasteiger charge is 2.22. The van der Waals surface area contributed by atoms with Gasteiger partial charge in [0.25, 0.3) is 0 Å². The zero-order valence-electron chi connectivity index (χ0n) is 13.4. The smallest absolute Gasteiger partial charge is 0.220 e. The third-order valence-corrected chi connectivity index (χ3v) is 4.39. The topological polar surface area (TPSA) is 46.3 Å². The number of hydrogen-bond acceptors (Lipinski definition) is 2. The van der Waals surface area contributed by atoms with Crippen molar-refractivity contribution in [3.8, 4) is 0 Å². The Balaban J connectivity index is 2.06. The molecule has 3 heteroatoms. The van der Waals surface area contributed by atoms with Gasteiger partial charge in [-0.25, -0.2) is 0 Å². The van der Waals surface area contributed by atoms with Gasteiger partial charge in [0, 0.05) is 12.5 Å². The molecule has 0 fully saturated rings. The molecule has 1 atom stereocenters. The maximum absolute atomic E-state index is 11.3. The SMILES string of the molecule is CCCN(CCC)Cc1ccc2c(c1)CCC(C(N)=O)C2. The van der Waals surface area contributed by atoms with E-state index in [0.29, 0.717) is 0 Å². The monoisotopic (exact) mass is 288 g/mol. The van der Waals surface area contributed by atoms with Gasteiger partial charge in [0.1, 0.15) is 0 Å². The van der Waals surface area contributed by atoms with E-state index in [4.69, 9.17) is 5.73 Å². The van der Waals surface area contributed by atoms with Crippen LogP contribution in [0.25, 0.3) is 0 Å². The van der Waals surface area contributed by atoms with Gasteiger partial charge in [-0.05, 0) is 61.9 Å². The standard InChI is InChI=1S/C18H28N2O/c1-3-9-20(10-4-2)13-14-5-6-16-12-17(18(19)21)8-7-15(16)11-14/h5-6,11,17H,3-4,7-10,12-13H2,1-2H3,(H2,19,21). The molecule has 0 aliphatic heterocycles. The average molecular weight is 288 g/mol. The normalized spacial score (nSPS) is 17.8. The van der Waals surface area contributed by atoms with Crippen LogP contribution in [-0.2, 0) is 24.2 Å². The third kappa shape index (κ3) is 4.31. The van der Waals surface area contributed by atoms with Crippen molar-refractivity contribution in [2.24, 2.45) is 11.7 Å². The molecule has 1 aromatic rings. The van der Waals surface area contributed by atoms with Gasteiger partial charge in [0.05, 0.1) is 0 Å². The maximum atomic E-state index is 11.3. The van der Waals surface area contributed by atoms with Crippen LogP contribution >= 0.6 is 0 Å². The first-order valence-electron chi connectivity index (χ1n) is 8.26.